The van der Waals surface area contributed by atoms with Gasteiger partial charge in [-0.05, 0) is 30.5 Å². The van der Waals surface area contributed by atoms with Gasteiger partial charge in [-0.25, -0.2) is 0 Å². The third kappa shape index (κ3) is 5.34. The van der Waals surface area contributed by atoms with E-state index in [9.17, 15) is 14.4 Å². The van der Waals surface area contributed by atoms with Crippen LogP contribution in [0.2, 0.25) is 0 Å². The predicted molar refractivity (Wildman–Crippen MR) is 105 cm³/mol. The standard InChI is InChI=1S/C20H21N5O3/c21-12-14(17(22)15-8-4-5-11-24-15)20(28)25-16(18(26)19(23)27)10-9-13-6-2-1-3-7-13/h1-8,11-12,16,21H,9-10,22H2,(H2,23,27)(H,25,28)/b17-14+,21-12?. The van der Waals surface area contributed by atoms with Gasteiger partial charge in [-0.2, -0.15) is 0 Å². The van der Waals surface area contributed by atoms with E-state index >= 15 is 0 Å². The smallest absolute Gasteiger partial charge is 0.287 e. The molecule has 144 valence electrons. The molecule has 0 spiro atoms. The van der Waals surface area contributed by atoms with Crippen molar-refractivity contribution in [2.75, 3.05) is 0 Å². The van der Waals surface area contributed by atoms with Gasteiger partial charge >= 0.3 is 0 Å². The van der Waals surface area contributed by atoms with Gasteiger partial charge in [0.25, 0.3) is 11.8 Å². The van der Waals surface area contributed by atoms with E-state index in [1.165, 1.54) is 6.20 Å². The molecule has 0 fully saturated rings. The molecule has 1 heterocycles. The molecule has 2 aromatic rings. The molecule has 1 unspecified atom stereocenters. The number of Topliss-reactive ketones (excluding diaryl/α,β-unsaturated/α-hetero) is 1. The number of ketones is 1. The molecule has 0 aliphatic rings. The highest BCUT2D eigenvalue weighted by Crippen LogP contribution is 2.11. The van der Waals surface area contributed by atoms with Gasteiger partial charge < -0.3 is 22.2 Å². The minimum absolute atomic E-state index is 0.0126. The van der Waals surface area contributed by atoms with E-state index in [0.717, 1.165) is 11.8 Å². The van der Waals surface area contributed by atoms with Crippen molar-refractivity contribution in [1.82, 2.24) is 10.3 Å². The van der Waals surface area contributed by atoms with Crippen molar-refractivity contribution in [2.45, 2.75) is 18.9 Å². The molecule has 1 atom stereocenters. The van der Waals surface area contributed by atoms with E-state index in [4.69, 9.17) is 16.9 Å². The topological polar surface area (TPSA) is 152 Å². The maximum atomic E-state index is 12.6. The zero-order chi connectivity index (χ0) is 20.5. The summed E-state index contributed by atoms with van der Waals surface area (Å²) in [6.07, 6.45) is 2.90. The number of hydrogen-bond acceptors (Lipinski definition) is 6. The Morgan fingerprint density at radius 2 is 1.75 bits per heavy atom. The number of carbonyl (C=O) groups excluding carboxylic acids is 3. The summed E-state index contributed by atoms with van der Waals surface area (Å²) < 4.78 is 0. The van der Waals surface area contributed by atoms with Crippen molar-refractivity contribution in [3.05, 3.63) is 71.6 Å². The zero-order valence-electron chi connectivity index (χ0n) is 15.1. The average Bonchev–Trinajstić information content (AvgIpc) is 2.72. The fourth-order valence-electron chi connectivity index (χ4n) is 2.56. The number of nitrogens with zero attached hydrogens (tertiary/aromatic N) is 1. The van der Waals surface area contributed by atoms with Crippen LogP contribution in [0.1, 0.15) is 17.7 Å². The Balaban J connectivity index is 2.21. The lowest BCUT2D eigenvalue weighted by Gasteiger charge is -2.17. The maximum absolute atomic E-state index is 12.6. The molecule has 1 aromatic carbocycles. The highest BCUT2D eigenvalue weighted by Gasteiger charge is 2.26. The van der Waals surface area contributed by atoms with Crippen LogP contribution in [0.3, 0.4) is 0 Å². The second-order valence-electron chi connectivity index (χ2n) is 5.97. The SMILES string of the molecule is N=C/C(C(=O)NC(CCc1ccccc1)C(=O)C(N)=O)=C(\N)c1ccccn1. The molecule has 6 N–H and O–H groups in total. The molecule has 8 nitrogen and oxygen atoms in total. The highest BCUT2D eigenvalue weighted by molar-refractivity contribution is 6.38. The third-order valence-electron chi connectivity index (χ3n) is 4.05. The first-order chi connectivity index (χ1) is 13.4. The number of amides is 2. The lowest BCUT2D eigenvalue weighted by Crippen LogP contribution is -2.47. The van der Waals surface area contributed by atoms with Gasteiger partial charge in [-0.1, -0.05) is 36.4 Å². The van der Waals surface area contributed by atoms with Crippen LogP contribution in [0.5, 0.6) is 0 Å². The predicted octanol–water partition coefficient (Wildman–Crippen LogP) is 0.573. The summed E-state index contributed by atoms with van der Waals surface area (Å²) in [4.78, 5) is 40.1. The highest BCUT2D eigenvalue weighted by atomic mass is 16.2. The molecule has 8 heteroatoms. The molecule has 28 heavy (non-hydrogen) atoms. The van der Waals surface area contributed by atoms with Crippen LogP contribution in [0.25, 0.3) is 5.70 Å². The van der Waals surface area contributed by atoms with Crippen molar-refractivity contribution in [3.63, 3.8) is 0 Å². The van der Waals surface area contributed by atoms with E-state index in [0.29, 0.717) is 12.1 Å². The molecule has 1 aromatic heterocycles. The fourth-order valence-corrected chi connectivity index (χ4v) is 2.56. The van der Waals surface area contributed by atoms with Crippen LogP contribution in [0.15, 0.2) is 60.3 Å². The summed E-state index contributed by atoms with van der Waals surface area (Å²) in [6.45, 7) is 0. The Morgan fingerprint density at radius 3 is 2.32 bits per heavy atom. The minimum Gasteiger partial charge on any atom is -0.396 e. The van der Waals surface area contributed by atoms with Crippen LogP contribution in [-0.4, -0.2) is 34.8 Å². The number of nitrogens with two attached hydrogens (primary N) is 2. The van der Waals surface area contributed by atoms with E-state index in [2.05, 4.69) is 10.3 Å². The van der Waals surface area contributed by atoms with E-state index in [1.54, 1.807) is 18.2 Å². The first-order valence-corrected chi connectivity index (χ1v) is 8.54. The minimum atomic E-state index is -1.14. The second-order valence-corrected chi connectivity index (χ2v) is 5.97. The van der Waals surface area contributed by atoms with Gasteiger partial charge in [0.1, 0.15) is 0 Å². The molecule has 0 saturated carbocycles. The Kier molecular flexibility index (Phi) is 7.15. The van der Waals surface area contributed by atoms with Gasteiger partial charge in [0, 0.05) is 12.4 Å². The lowest BCUT2D eigenvalue weighted by atomic mass is 10.0. The van der Waals surface area contributed by atoms with Crippen molar-refractivity contribution >= 4 is 29.5 Å². The molecule has 0 bridgehead atoms. The third-order valence-corrected chi connectivity index (χ3v) is 4.05. The summed E-state index contributed by atoms with van der Waals surface area (Å²) in [6, 6.07) is 13.1. The summed E-state index contributed by atoms with van der Waals surface area (Å²) in [5, 5.41) is 9.98. The normalized spacial score (nSPS) is 12.4. The van der Waals surface area contributed by atoms with Gasteiger partial charge in [-0.15, -0.1) is 0 Å². The van der Waals surface area contributed by atoms with Crippen LogP contribution < -0.4 is 16.8 Å². The van der Waals surface area contributed by atoms with Gasteiger partial charge in [0.15, 0.2) is 0 Å². The summed E-state index contributed by atoms with van der Waals surface area (Å²) in [7, 11) is 0. The summed E-state index contributed by atoms with van der Waals surface area (Å²) in [5.41, 5.74) is 12.1. The Hall–Kier alpha value is -3.81. The van der Waals surface area contributed by atoms with Crippen LogP contribution in [-0.2, 0) is 20.8 Å². The van der Waals surface area contributed by atoms with Gasteiger partial charge in [0.05, 0.1) is 23.0 Å². The second kappa shape index (κ2) is 9.77. The number of aryl methyl sites for hydroxylation is 1. The quantitative estimate of drug-likeness (QED) is 0.285. The number of primary amides is 1. The van der Waals surface area contributed by atoms with Crippen LogP contribution >= 0.6 is 0 Å². The van der Waals surface area contributed by atoms with E-state index in [-0.39, 0.29) is 17.7 Å². The van der Waals surface area contributed by atoms with Crippen LogP contribution in [0, 0.1) is 5.41 Å². The number of benzene rings is 1. The van der Waals surface area contributed by atoms with E-state index < -0.39 is 23.6 Å². The number of hydrogen-bond donors (Lipinski definition) is 4. The van der Waals surface area contributed by atoms with Crippen molar-refractivity contribution in [2.24, 2.45) is 11.5 Å². The number of nitrogens with one attached hydrogen (secondary N) is 2. The van der Waals surface area contributed by atoms with Gasteiger partial charge in [-0.3, -0.25) is 19.4 Å². The number of rotatable bonds is 9. The molecular formula is C20H21N5O3. The van der Waals surface area contributed by atoms with Crippen LogP contribution in [0.4, 0.5) is 0 Å². The lowest BCUT2D eigenvalue weighted by molar-refractivity contribution is -0.138. The first kappa shape index (κ1) is 20.5. The number of pyridine rings is 1. The molecule has 0 aliphatic carbocycles. The van der Waals surface area contributed by atoms with Crippen molar-refractivity contribution in [3.8, 4) is 0 Å². The molecule has 0 aliphatic heterocycles. The summed E-state index contributed by atoms with van der Waals surface area (Å²) >= 11 is 0. The Bertz CT molecular complexity index is 895. The first-order valence-electron chi connectivity index (χ1n) is 8.54. The molecule has 2 rings (SSSR count). The maximum Gasteiger partial charge on any atom is 0.287 e. The molecule has 0 saturated heterocycles. The average molecular weight is 379 g/mol. The number of aromatic nitrogens is 1. The Morgan fingerprint density at radius 1 is 1.07 bits per heavy atom. The summed E-state index contributed by atoms with van der Waals surface area (Å²) in [5.74, 6) is -2.81. The van der Waals surface area contributed by atoms with Gasteiger partial charge in [0.2, 0.25) is 5.78 Å². The van der Waals surface area contributed by atoms with Crippen molar-refractivity contribution < 1.29 is 14.4 Å². The van der Waals surface area contributed by atoms with Crippen molar-refractivity contribution in [1.29, 1.82) is 5.41 Å². The molecule has 0 radical (unpaired) electrons. The zero-order valence-corrected chi connectivity index (χ0v) is 15.1. The van der Waals surface area contributed by atoms with E-state index in [1.807, 2.05) is 30.3 Å². The number of carbonyl (C=O) groups is 3. The monoisotopic (exact) mass is 379 g/mol. The molecular weight excluding hydrogens is 358 g/mol. The molecule has 2 amide bonds. The Labute approximate surface area is 162 Å². The largest absolute Gasteiger partial charge is 0.396 e. The fraction of sp³-hybridized carbons (Fsp3) is 0.150.